The molecular weight excluding hydrogens is 481 g/mol. The zero-order valence-corrected chi connectivity index (χ0v) is 23.2. The number of halogens is 1. The average molecular weight is 520 g/mol. The molecule has 0 aliphatic heterocycles. The summed E-state index contributed by atoms with van der Waals surface area (Å²) in [7, 11) is 0.745. The van der Waals surface area contributed by atoms with E-state index >= 15 is 0 Å². The molecule has 0 heterocycles. The molecule has 8 nitrogen and oxygen atoms in total. The van der Waals surface area contributed by atoms with E-state index in [1.165, 1.54) is 19.2 Å². The summed E-state index contributed by atoms with van der Waals surface area (Å²) in [6.45, 7) is 10.9. The Hall–Kier alpha value is -2.98. The summed E-state index contributed by atoms with van der Waals surface area (Å²) in [6, 6.07) is 11.8. The van der Waals surface area contributed by atoms with Gasteiger partial charge in [-0.3, -0.25) is 10.1 Å². The first-order valence-corrected chi connectivity index (χ1v) is 14.9. The maximum Gasteiger partial charge on any atom is 0.407 e. The SMILES string of the molecule is CN(CCCC(O[Si](C)(C)C(C)(C)C)c1cc(F)cc(N(C)Cc2ccccc2)c1[N+](=O)[O-])C(=O)O. The van der Waals surface area contributed by atoms with Crippen LogP contribution in [0.2, 0.25) is 18.1 Å². The molecule has 0 saturated carbocycles. The first-order chi connectivity index (χ1) is 16.6. The molecular formula is C26H38FN3O5Si. The maximum absolute atomic E-state index is 15.0. The number of hydrogen-bond acceptors (Lipinski definition) is 5. The summed E-state index contributed by atoms with van der Waals surface area (Å²) in [5, 5.41) is 21.4. The van der Waals surface area contributed by atoms with Gasteiger partial charge in [0.1, 0.15) is 11.5 Å². The monoisotopic (exact) mass is 519 g/mol. The van der Waals surface area contributed by atoms with Gasteiger partial charge in [0.05, 0.1) is 16.6 Å². The van der Waals surface area contributed by atoms with Crippen molar-refractivity contribution in [3.05, 3.63) is 69.5 Å². The van der Waals surface area contributed by atoms with Crippen LogP contribution >= 0.6 is 0 Å². The molecule has 2 aromatic carbocycles. The van der Waals surface area contributed by atoms with Gasteiger partial charge in [-0.05, 0) is 42.6 Å². The highest BCUT2D eigenvalue weighted by atomic mass is 28.4. The van der Waals surface area contributed by atoms with Crippen LogP contribution in [0.1, 0.15) is 50.8 Å². The standard InChI is InChI=1S/C26H38FN3O5Si/c1-26(2,3)36(6,7)35-23(14-11-15-28(4)25(31)32)21-16-20(27)17-22(24(21)30(33)34)29(5)18-19-12-9-8-10-13-19/h8-10,12-13,16-17,23H,11,14-15,18H2,1-7H3,(H,31,32). The van der Waals surface area contributed by atoms with Gasteiger partial charge in [-0.25, -0.2) is 9.18 Å². The summed E-state index contributed by atoms with van der Waals surface area (Å²) in [5.41, 5.74) is 1.10. The predicted octanol–water partition coefficient (Wildman–Crippen LogP) is 6.82. The Labute approximate surface area is 214 Å². The van der Waals surface area contributed by atoms with Crippen molar-refractivity contribution in [2.45, 2.75) is 64.4 Å². The van der Waals surface area contributed by atoms with E-state index in [0.717, 1.165) is 10.5 Å². The number of nitro groups is 1. The summed E-state index contributed by atoms with van der Waals surface area (Å²) < 4.78 is 21.6. The Morgan fingerprint density at radius 1 is 1.19 bits per heavy atom. The lowest BCUT2D eigenvalue weighted by Gasteiger charge is -2.39. The van der Waals surface area contributed by atoms with Gasteiger partial charge in [0, 0.05) is 33.3 Å². The Morgan fingerprint density at radius 2 is 1.81 bits per heavy atom. The van der Waals surface area contributed by atoms with E-state index in [9.17, 15) is 24.4 Å². The van der Waals surface area contributed by atoms with E-state index in [0.29, 0.717) is 19.4 Å². The number of anilines is 1. The van der Waals surface area contributed by atoms with E-state index in [2.05, 4.69) is 20.8 Å². The van der Waals surface area contributed by atoms with E-state index < -0.39 is 31.3 Å². The lowest BCUT2D eigenvalue weighted by Crippen LogP contribution is -2.42. The normalized spacial score (nSPS) is 12.8. The Balaban J connectivity index is 2.55. The van der Waals surface area contributed by atoms with Crippen LogP contribution in [0.3, 0.4) is 0 Å². The van der Waals surface area contributed by atoms with Gasteiger partial charge >= 0.3 is 6.09 Å². The van der Waals surface area contributed by atoms with E-state index in [4.69, 9.17) is 4.43 Å². The third kappa shape index (κ3) is 7.51. The highest BCUT2D eigenvalue weighted by Crippen LogP contribution is 2.44. The van der Waals surface area contributed by atoms with Crippen LogP contribution < -0.4 is 4.90 Å². The fraction of sp³-hybridized carbons (Fsp3) is 0.500. The molecule has 0 spiro atoms. The predicted molar refractivity (Wildman–Crippen MR) is 143 cm³/mol. The highest BCUT2D eigenvalue weighted by Gasteiger charge is 2.41. The van der Waals surface area contributed by atoms with Crippen molar-refractivity contribution in [3.8, 4) is 0 Å². The summed E-state index contributed by atoms with van der Waals surface area (Å²) in [4.78, 5) is 25.9. The molecule has 10 heteroatoms. The van der Waals surface area contributed by atoms with Crippen LogP contribution in [-0.4, -0.2) is 50.0 Å². The number of amides is 1. The summed E-state index contributed by atoms with van der Waals surface area (Å²) in [5.74, 6) is -0.586. The van der Waals surface area contributed by atoms with Crippen LogP contribution in [0.4, 0.5) is 20.6 Å². The molecule has 0 saturated heterocycles. The molecule has 2 rings (SSSR count). The fourth-order valence-corrected chi connectivity index (χ4v) is 5.01. The van der Waals surface area contributed by atoms with Crippen LogP contribution in [-0.2, 0) is 11.0 Å². The zero-order valence-electron chi connectivity index (χ0n) is 22.2. The second-order valence-electron chi connectivity index (χ2n) is 10.7. The molecule has 2 aromatic rings. The molecule has 0 fully saturated rings. The van der Waals surface area contributed by atoms with Gasteiger partial charge in [0.2, 0.25) is 0 Å². The number of benzene rings is 2. The van der Waals surface area contributed by atoms with Gasteiger partial charge in [0.15, 0.2) is 8.32 Å². The zero-order chi connectivity index (χ0) is 27.3. The minimum Gasteiger partial charge on any atom is -0.465 e. The molecule has 1 atom stereocenters. The summed E-state index contributed by atoms with van der Waals surface area (Å²) in [6.07, 6.45) is -1.09. The van der Waals surface area contributed by atoms with Crippen molar-refractivity contribution in [2.24, 2.45) is 0 Å². The number of carboxylic acid groups (broad SMARTS) is 1. The topological polar surface area (TPSA) is 96.1 Å². The third-order valence-electron chi connectivity index (χ3n) is 6.82. The van der Waals surface area contributed by atoms with Crippen molar-refractivity contribution in [2.75, 3.05) is 25.5 Å². The molecule has 1 N–H and O–H groups in total. The largest absolute Gasteiger partial charge is 0.465 e. The van der Waals surface area contributed by atoms with Crippen LogP contribution in [0.25, 0.3) is 0 Å². The molecule has 1 unspecified atom stereocenters. The molecule has 0 radical (unpaired) electrons. The second-order valence-corrected chi connectivity index (χ2v) is 15.4. The van der Waals surface area contributed by atoms with Crippen LogP contribution in [0.5, 0.6) is 0 Å². The lowest BCUT2D eigenvalue weighted by atomic mass is 10.0. The molecule has 0 bridgehead atoms. The maximum atomic E-state index is 15.0. The van der Waals surface area contributed by atoms with E-state index in [-0.39, 0.29) is 28.5 Å². The van der Waals surface area contributed by atoms with Gasteiger partial charge in [0.25, 0.3) is 5.69 Å². The Kier molecular flexibility index (Phi) is 9.62. The molecule has 0 aromatic heterocycles. The Morgan fingerprint density at radius 3 is 2.33 bits per heavy atom. The molecule has 198 valence electrons. The minimum absolute atomic E-state index is 0.172. The number of rotatable bonds is 11. The number of nitrogens with zero attached hydrogens (tertiary/aromatic N) is 3. The van der Waals surface area contributed by atoms with Gasteiger partial charge < -0.3 is 19.3 Å². The number of hydrogen-bond donors (Lipinski definition) is 1. The van der Waals surface area contributed by atoms with Crippen molar-refractivity contribution in [1.29, 1.82) is 0 Å². The summed E-state index contributed by atoms with van der Waals surface area (Å²) >= 11 is 0. The number of nitro benzene ring substituents is 1. The molecule has 0 aliphatic rings. The van der Waals surface area contributed by atoms with Crippen molar-refractivity contribution >= 4 is 25.8 Å². The quantitative estimate of drug-likeness (QED) is 0.199. The molecule has 0 aliphatic carbocycles. The van der Waals surface area contributed by atoms with Gasteiger partial charge in [-0.1, -0.05) is 51.1 Å². The van der Waals surface area contributed by atoms with Gasteiger partial charge in [-0.2, -0.15) is 0 Å². The van der Waals surface area contributed by atoms with Crippen LogP contribution in [0, 0.1) is 15.9 Å². The third-order valence-corrected chi connectivity index (χ3v) is 11.3. The minimum atomic E-state index is -2.42. The Bertz CT molecular complexity index is 1060. The van der Waals surface area contributed by atoms with E-state index in [1.807, 2.05) is 43.4 Å². The lowest BCUT2D eigenvalue weighted by molar-refractivity contribution is -0.385. The van der Waals surface area contributed by atoms with E-state index in [1.54, 1.807) is 11.9 Å². The number of carbonyl (C=O) groups is 1. The molecule has 36 heavy (non-hydrogen) atoms. The average Bonchev–Trinajstić information content (AvgIpc) is 2.77. The smallest absolute Gasteiger partial charge is 0.407 e. The van der Waals surface area contributed by atoms with Crippen LogP contribution in [0.15, 0.2) is 42.5 Å². The van der Waals surface area contributed by atoms with Crippen molar-refractivity contribution < 1.29 is 23.6 Å². The second kappa shape index (κ2) is 11.8. The fourth-order valence-electron chi connectivity index (χ4n) is 3.70. The van der Waals surface area contributed by atoms with Crippen molar-refractivity contribution in [3.63, 3.8) is 0 Å². The first kappa shape index (κ1) is 29.2. The molecule has 1 amide bonds. The van der Waals surface area contributed by atoms with Crippen molar-refractivity contribution in [1.82, 2.24) is 4.90 Å². The first-order valence-electron chi connectivity index (χ1n) is 12.0. The van der Waals surface area contributed by atoms with Gasteiger partial charge in [-0.15, -0.1) is 0 Å². The highest BCUT2D eigenvalue weighted by molar-refractivity contribution is 6.74.